The molecule has 0 saturated carbocycles. The fraction of sp³-hybridized carbons (Fsp3) is 0.385. The topological polar surface area (TPSA) is 63.8 Å². The Morgan fingerprint density at radius 2 is 2.11 bits per heavy atom. The first-order chi connectivity index (χ1) is 8.61. The smallest absolute Gasteiger partial charge is 0.0950 e. The number of rotatable bonds is 4. The molecule has 2 aromatic heterocycles. The van der Waals surface area contributed by atoms with Gasteiger partial charge in [0, 0.05) is 23.2 Å². The van der Waals surface area contributed by atoms with Gasteiger partial charge >= 0.3 is 0 Å². The average molecular weight is 262 g/mol. The highest BCUT2D eigenvalue weighted by Crippen LogP contribution is 2.24. The van der Waals surface area contributed by atoms with Crippen molar-refractivity contribution in [3.63, 3.8) is 0 Å². The lowest BCUT2D eigenvalue weighted by atomic mass is 10.0. The van der Waals surface area contributed by atoms with Gasteiger partial charge in [0.1, 0.15) is 0 Å². The lowest BCUT2D eigenvalue weighted by Crippen LogP contribution is -2.30. The summed E-state index contributed by atoms with van der Waals surface area (Å²) >= 11 is 1.73. The Balaban J connectivity index is 2.22. The highest BCUT2D eigenvalue weighted by Gasteiger charge is 2.15. The van der Waals surface area contributed by atoms with Gasteiger partial charge in [0.25, 0.3) is 0 Å². The molecular weight excluding hydrogens is 244 g/mol. The number of aryl methyl sites for hydroxylation is 3. The first kappa shape index (κ1) is 13.1. The van der Waals surface area contributed by atoms with Crippen LogP contribution in [-0.2, 0) is 6.42 Å². The van der Waals surface area contributed by atoms with Crippen molar-refractivity contribution in [2.75, 3.05) is 0 Å². The maximum atomic E-state index is 5.67. The molecule has 0 aliphatic rings. The number of aromatic nitrogens is 2. The van der Waals surface area contributed by atoms with Gasteiger partial charge in [-0.25, -0.2) is 4.98 Å². The summed E-state index contributed by atoms with van der Waals surface area (Å²) in [4.78, 5) is 10.1. The molecule has 2 rings (SSSR count). The second kappa shape index (κ2) is 5.56. The number of hydrogen-bond acceptors (Lipinski definition) is 5. The lowest BCUT2D eigenvalue weighted by Gasteiger charge is -2.16. The van der Waals surface area contributed by atoms with E-state index in [0.29, 0.717) is 0 Å². The van der Waals surface area contributed by atoms with Gasteiger partial charge in [-0.2, -0.15) is 0 Å². The van der Waals surface area contributed by atoms with E-state index < -0.39 is 0 Å². The van der Waals surface area contributed by atoms with Gasteiger partial charge < -0.3 is 0 Å². The van der Waals surface area contributed by atoms with Gasteiger partial charge in [0.2, 0.25) is 0 Å². The van der Waals surface area contributed by atoms with Gasteiger partial charge in [-0.15, -0.1) is 11.3 Å². The number of nitrogens with one attached hydrogen (secondary N) is 1. The summed E-state index contributed by atoms with van der Waals surface area (Å²) in [6, 6.07) is 4.05. The first-order valence-electron chi connectivity index (χ1n) is 5.92. The molecule has 4 nitrogen and oxygen atoms in total. The Hall–Kier alpha value is -1.30. The van der Waals surface area contributed by atoms with Crippen LogP contribution in [0.5, 0.6) is 0 Å². The molecule has 0 saturated heterocycles. The zero-order chi connectivity index (χ0) is 13.1. The third kappa shape index (κ3) is 2.75. The van der Waals surface area contributed by atoms with E-state index in [1.54, 1.807) is 17.5 Å². The molecule has 2 heterocycles. The molecule has 0 fully saturated rings. The molecule has 0 aliphatic carbocycles. The van der Waals surface area contributed by atoms with E-state index in [1.807, 2.05) is 19.9 Å². The number of pyridine rings is 1. The summed E-state index contributed by atoms with van der Waals surface area (Å²) in [6.45, 7) is 6.13. The molecule has 5 heteroatoms. The Kier molecular flexibility index (Phi) is 4.06. The predicted octanol–water partition coefficient (Wildman–Crippen LogP) is 2.21. The molecule has 0 aliphatic heterocycles. The van der Waals surface area contributed by atoms with Crippen LogP contribution < -0.4 is 11.3 Å². The van der Waals surface area contributed by atoms with E-state index in [-0.39, 0.29) is 6.04 Å². The predicted molar refractivity (Wildman–Crippen MR) is 74.3 cm³/mol. The van der Waals surface area contributed by atoms with Crippen LogP contribution in [0.2, 0.25) is 0 Å². The minimum absolute atomic E-state index is 0.0589. The van der Waals surface area contributed by atoms with E-state index in [9.17, 15) is 0 Å². The van der Waals surface area contributed by atoms with Gasteiger partial charge in [-0.05, 0) is 32.4 Å². The Morgan fingerprint density at radius 1 is 1.33 bits per heavy atom. The Morgan fingerprint density at radius 3 is 2.67 bits per heavy atom. The summed E-state index contributed by atoms with van der Waals surface area (Å²) in [5.41, 5.74) is 6.10. The maximum absolute atomic E-state index is 5.67. The fourth-order valence-electron chi connectivity index (χ4n) is 1.92. The number of hydrogen-bond donors (Lipinski definition) is 2. The average Bonchev–Trinajstić information content (AvgIpc) is 2.66. The number of nitrogens with two attached hydrogens (primary N) is 1. The summed E-state index contributed by atoms with van der Waals surface area (Å²) in [6.07, 6.45) is 2.59. The second-order valence-corrected chi connectivity index (χ2v) is 5.64. The highest BCUT2D eigenvalue weighted by atomic mass is 32.1. The Bertz CT molecular complexity index is 516. The molecular formula is C13H18N4S. The van der Waals surface area contributed by atoms with Crippen LogP contribution in [0.3, 0.4) is 0 Å². The van der Waals surface area contributed by atoms with Crippen LogP contribution in [0.15, 0.2) is 18.3 Å². The van der Waals surface area contributed by atoms with E-state index in [0.717, 1.165) is 28.4 Å². The van der Waals surface area contributed by atoms with Crippen molar-refractivity contribution in [1.29, 1.82) is 0 Å². The quantitative estimate of drug-likeness (QED) is 0.655. The standard InChI is InChI=1S/C13H18N4S/c1-8-10(3)18-13(16-8)7-12(17-14)11-5-4-6-15-9(11)2/h4-6,12,17H,7,14H2,1-3H3. The molecule has 18 heavy (non-hydrogen) atoms. The molecule has 3 N–H and O–H groups in total. The van der Waals surface area contributed by atoms with Gasteiger partial charge in [-0.1, -0.05) is 6.07 Å². The van der Waals surface area contributed by atoms with Crippen LogP contribution in [0.1, 0.15) is 32.9 Å². The van der Waals surface area contributed by atoms with Crippen LogP contribution in [0.4, 0.5) is 0 Å². The number of nitrogens with zero attached hydrogens (tertiary/aromatic N) is 2. The van der Waals surface area contributed by atoms with Gasteiger partial charge in [0.05, 0.1) is 16.7 Å². The molecule has 1 atom stereocenters. The normalized spacial score (nSPS) is 12.7. The van der Waals surface area contributed by atoms with E-state index >= 15 is 0 Å². The fourth-order valence-corrected chi connectivity index (χ4v) is 2.90. The third-order valence-corrected chi connectivity index (χ3v) is 4.17. The third-order valence-electron chi connectivity index (χ3n) is 3.08. The van der Waals surface area contributed by atoms with Crippen LogP contribution in [0.25, 0.3) is 0 Å². The molecule has 96 valence electrons. The zero-order valence-corrected chi connectivity index (χ0v) is 11.7. The SMILES string of the molecule is Cc1ncccc1C(Cc1nc(C)c(C)s1)NN. The lowest BCUT2D eigenvalue weighted by molar-refractivity contribution is 0.545. The summed E-state index contributed by atoms with van der Waals surface area (Å²) in [7, 11) is 0. The zero-order valence-electron chi connectivity index (χ0n) is 10.9. The monoisotopic (exact) mass is 262 g/mol. The van der Waals surface area contributed by atoms with Crippen LogP contribution >= 0.6 is 11.3 Å². The molecule has 0 bridgehead atoms. The molecule has 0 spiro atoms. The summed E-state index contributed by atoms with van der Waals surface area (Å²) in [5.74, 6) is 5.67. The second-order valence-electron chi connectivity index (χ2n) is 4.35. The van der Waals surface area contributed by atoms with Crippen molar-refractivity contribution in [2.24, 2.45) is 5.84 Å². The van der Waals surface area contributed by atoms with Crippen molar-refractivity contribution in [2.45, 2.75) is 33.2 Å². The summed E-state index contributed by atoms with van der Waals surface area (Å²) < 4.78 is 0. The minimum Gasteiger partial charge on any atom is -0.271 e. The minimum atomic E-state index is 0.0589. The van der Waals surface area contributed by atoms with Crippen LogP contribution in [-0.4, -0.2) is 9.97 Å². The number of thiazole rings is 1. The number of hydrazine groups is 1. The van der Waals surface area contributed by atoms with E-state index in [1.165, 1.54) is 4.88 Å². The van der Waals surface area contributed by atoms with Crippen molar-refractivity contribution < 1.29 is 0 Å². The summed E-state index contributed by atoms with van der Waals surface area (Å²) in [5, 5.41) is 1.11. The van der Waals surface area contributed by atoms with Crippen LogP contribution in [0, 0.1) is 20.8 Å². The molecule has 2 aromatic rings. The first-order valence-corrected chi connectivity index (χ1v) is 6.74. The molecule has 0 amide bonds. The van der Waals surface area contributed by atoms with Gasteiger partial charge in [-0.3, -0.25) is 16.3 Å². The largest absolute Gasteiger partial charge is 0.271 e. The van der Waals surface area contributed by atoms with Crippen molar-refractivity contribution >= 4 is 11.3 Å². The van der Waals surface area contributed by atoms with Crippen molar-refractivity contribution in [3.05, 3.63) is 45.2 Å². The Labute approximate surface area is 111 Å². The van der Waals surface area contributed by atoms with E-state index in [4.69, 9.17) is 5.84 Å². The van der Waals surface area contributed by atoms with Gasteiger partial charge in [0.15, 0.2) is 0 Å². The highest BCUT2D eigenvalue weighted by molar-refractivity contribution is 7.11. The molecule has 0 radical (unpaired) electrons. The molecule has 0 aromatic carbocycles. The van der Waals surface area contributed by atoms with Crippen molar-refractivity contribution in [1.82, 2.24) is 15.4 Å². The maximum Gasteiger partial charge on any atom is 0.0950 e. The van der Waals surface area contributed by atoms with E-state index in [2.05, 4.69) is 28.4 Å². The molecule has 1 unspecified atom stereocenters. The van der Waals surface area contributed by atoms with Crippen molar-refractivity contribution in [3.8, 4) is 0 Å².